The molecule has 7 nitrogen and oxygen atoms in total. The molecule has 0 radical (unpaired) electrons. The van der Waals surface area contributed by atoms with E-state index in [0.29, 0.717) is 34.4 Å². The number of anilines is 1. The number of carboxylic acid groups (broad SMARTS) is 1. The number of rotatable bonds is 9. The summed E-state index contributed by atoms with van der Waals surface area (Å²) < 4.78 is 35.2. The maximum Gasteiger partial charge on any atom is 0.303 e. The van der Waals surface area contributed by atoms with Crippen LogP contribution in [-0.2, 0) is 21.2 Å². The summed E-state index contributed by atoms with van der Waals surface area (Å²) in [5.41, 5.74) is 3.64. The largest absolute Gasteiger partial charge is 0.494 e. The number of aromatic nitrogens is 1. The van der Waals surface area contributed by atoms with Crippen molar-refractivity contribution in [3.05, 3.63) is 65.2 Å². The van der Waals surface area contributed by atoms with Crippen LogP contribution in [0.3, 0.4) is 0 Å². The van der Waals surface area contributed by atoms with E-state index in [0.717, 1.165) is 16.1 Å². The molecule has 0 saturated carbocycles. The van der Waals surface area contributed by atoms with E-state index in [9.17, 15) is 18.3 Å². The van der Waals surface area contributed by atoms with Crippen LogP contribution >= 0.6 is 11.3 Å². The summed E-state index contributed by atoms with van der Waals surface area (Å²) in [6.07, 6.45) is 1.67. The first-order valence-corrected chi connectivity index (χ1v) is 13.5. The predicted molar refractivity (Wildman–Crippen MR) is 140 cm³/mol. The molecule has 0 amide bonds. The average molecular weight is 513 g/mol. The van der Waals surface area contributed by atoms with Crippen LogP contribution in [0, 0.1) is 6.92 Å². The minimum absolute atomic E-state index is 0.0976. The summed E-state index contributed by atoms with van der Waals surface area (Å²) in [6.45, 7) is 4.23. The molecule has 0 bridgehead atoms. The molecule has 2 aromatic carbocycles. The van der Waals surface area contributed by atoms with E-state index in [-0.39, 0.29) is 17.1 Å². The van der Waals surface area contributed by atoms with E-state index in [4.69, 9.17) is 4.74 Å². The number of hydrogen-bond acceptors (Lipinski definition) is 6. The Morgan fingerprint density at radius 3 is 2.46 bits per heavy atom. The maximum atomic E-state index is 14.0. The first kappa shape index (κ1) is 24.8. The molecule has 0 unspecified atom stereocenters. The van der Waals surface area contributed by atoms with Crippen molar-refractivity contribution in [1.29, 1.82) is 0 Å². The highest BCUT2D eigenvalue weighted by molar-refractivity contribution is 7.92. The van der Waals surface area contributed by atoms with Gasteiger partial charge < -0.3 is 14.7 Å². The van der Waals surface area contributed by atoms with Gasteiger partial charge in [0, 0.05) is 48.2 Å². The number of fused-ring (bicyclic) bond motifs is 1. The van der Waals surface area contributed by atoms with Crippen LogP contribution in [0.1, 0.15) is 23.8 Å². The van der Waals surface area contributed by atoms with Gasteiger partial charge in [-0.05, 0) is 67.8 Å². The molecule has 2 aromatic heterocycles. The monoisotopic (exact) mass is 512 g/mol. The van der Waals surface area contributed by atoms with Gasteiger partial charge in [-0.25, -0.2) is 3.97 Å². The quantitative estimate of drug-likeness (QED) is 0.323. The second-order valence-corrected chi connectivity index (χ2v) is 11.7. The van der Waals surface area contributed by atoms with Gasteiger partial charge in [-0.1, -0.05) is 12.1 Å². The van der Waals surface area contributed by atoms with Crippen LogP contribution in [0.15, 0.2) is 58.9 Å². The lowest BCUT2D eigenvalue weighted by atomic mass is 10.1. The van der Waals surface area contributed by atoms with Crippen molar-refractivity contribution in [2.45, 2.75) is 30.9 Å². The number of ether oxygens (including phenoxy) is 1. The van der Waals surface area contributed by atoms with Crippen LogP contribution in [0.4, 0.5) is 5.69 Å². The lowest BCUT2D eigenvalue weighted by Gasteiger charge is -2.13. The van der Waals surface area contributed by atoms with Crippen molar-refractivity contribution in [2.24, 2.45) is 0 Å². The van der Waals surface area contributed by atoms with E-state index in [1.807, 2.05) is 63.2 Å². The van der Waals surface area contributed by atoms with Crippen LogP contribution in [-0.4, -0.2) is 44.2 Å². The van der Waals surface area contributed by atoms with Crippen molar-refractivity contribution < 1.29 is 23.1 Å². The van der Waals surface area contributed by atoms with Crippen LogP contribution in [0.25, 0.3) is 22.0 Å². The third kappa shape index (κ3) is 4.92. The summed E-state index contributed by atoms with van der Waals surface area (Å²) >= 11 is 1.23. The Bertz CT molecular complexity index is 1480. The molecule has 0 aliphatic carbocycles. The molecule has 0 saturated heterocycles. The highest BCUT2D eigenvalue weighted by Gasteiger charge is 2.27. The molecule has 35 heavy (non-hydrogen) atoms. The average Bonchev–Trinajstić information content (AvgIpc) is 3.39. The van der Waals surface area contributed by atoms with Gasteiger partial charge in [0.25, 0.3) is 10.0 Å². The zero-order chi connectivity index (χ0) is 25.3. The zero-order valence-electron chi connectivity index (χ0n) is 20.1. The molecule has 4 rings (SSSR count). The lowest BCUT2D eigenvalue weighted by molar-refractivity contribution is -0.136. The van der Waals surface area contributed by atoms with Crippen molar-refractivity contribution in [2.75, 3.05) is 25.6 Å². The van der Waals surface area contributed by atoms with Crippen LogP contribution < -0.4 is 9.64 Å². The van der Waals surface area contributed by atoms with E-state index in [1.54, 1.807) is 24.4 Å². The third-order valence-corrected chi connectivity index (χ3v) is 8.99. The highest BCUT2D eigenvalue weighted by Crippen LogP contribution is 2.39. The smallest absolute Gasteiger partial charge is 0.303 e. The zero-order valence-corrected chi connectivity index (χ0v) is 21.7. The number of hydrogen-bond donors (Lipinski definition) is 1. The van der Waals surface area contributed by atoms with Crippen molar-refractivity contribution in [1.82, 2.24) is 3.97 Å². The minimum atomic E-state index is -3.96. The van der Waals surface area contributed by atoms with Crippen molar-refractivity contribution in [3.63, 3.8) is 0 Å². The van der Waals surface area contributed by atoms with E-state index < -0.39 is 16.0 Å². The molecular weight excluding hydrogens is 484 g/mol. The highest BCUT2D eigenvalue weighted by atomic mass is 32.2. The number of carbonyl (C=O) groups is 1. The van der Waals surface area contributed by atoms with Gasteiger partial charge in [0.15, 0.2) is 0 Å². The summed E-state index contributed by atoms with van der Waals surface area (Å²) in [5, 5.41) is 9.87. The fourth-order valence-corrected chi connectivity index (χ4v) is 7.19. The van der Waals surface area contributed by atoms with Gasteiger partial charge in [-0.2, -0.15) is 8.42 Å². The van der Waals surface area contributed by atoms with Gasteiger partial charge in [0.2, 0.25) is 0 Å². The molecule has 0 aliphatic heterocycles. The Hall–Kier alpha value is -3.30. The van der Waals surface area contributed by atoms with Gasteiger partial charge in [0.05, 0.1) is 12.1 Å². The molecular formula is C26H28N2O5S2. The number of benzene rings is 2. The van der Waals surface area contributed by atoms with Crippen molar-refractivity contribution in [3.8, 4) is 16.9 Å². The Labute approximate surface area is 209 Å². The van der Waals surface area contributed by atoms with Crippen LogP contribution in [0.5, 0.6) is 5.75 Å². The summed E-state index contributed by atoms with van der Waals surface area (Å²) in [6, 6.07) is 14.9. The summed E-state index contributed by atoms with van der Waals surface area (Å²) in [5.74, 6) is -0.326. The Balaban J connectivity index is 1.86. The molecule has 0 aliphatic rings. The Kier molecular flexibility index (Phi) is 6.91. The van der Waals surface area contributed by atoms with Crippen LogP contribution in [0.2, 0.25) is 0 Å². The SMILES string of the molecule is CCOc1ccc2c(c1)c(CCC(=O)O)cn2S(=O)(=O)c1sc(C)cc1-c1ccc(N(C)C)cc1. The minimum Gasteiger partial charge on any atom is -0.494 e. The molecule has 0 fully saturated rings. The van der Waals surface area contributed by atoms with Gasteiger partial charge in [-0.15, -0.1) is 11.3 Å². The summed E-state index contributed by atoms with van der Waals surface area (Å²) in [7, 11) is -0.0482. The molecule has 2 heterocycles. The number of nitrogens with zero attached hydrogens (tertiary/aromatic N) is 2. The van der Waals surface area contributed by atoms with E-state index >= 15 is 0 Å². The van der Waals surface area contributed by atoms with E-state index in [1.165, 1.54) is 15.3 Å². The predicted octanol–water partition coefficient (Wildman–Crippen LogP) is 5.40. The number of aryl methyl sites for hydroxylation is 2. The number of carboxylic acids is 1. The molecule has 0 spiro atoms. The lowest BCUT2D eigenvalue weighted by Crippen LogP contribution is -2.11. The van der Waals surface area contributed by atoms with Crippen molar-refractivity contribution >= 4 is 43.9 Å². The van der Waals surface area contributed by atoms with E-state index in [2.05, 4.69) is 0 Å². The summed E-state index contributed by atoms with van der Waals surface area (Å²) in [4.78, 5) is 14.1. The first-order chi connectivity index (χ1) is 16.6. The fraction of sp³-hybridized carbons (Fsp3) is 0.269. The Morgan fingerprint density at radius 2 is 1.83 bits per heavy atom. The second kappa shape index (κ2) is 9.75. The standard InChI is InChI=1S/C26H28N2O5S2/c1-5-33-21-11-12-24-22(15-21)19(8-13-25(29)30)16-28(24)35(31,32)26-23(14-17(2)34-26)18-6-9-20(10-7-18)27(3)4/h6-7,9-12,14-16H,5,8,13H2,1-4H3,(H,29,30). The Morgan fingerprint density at radius 1 is 1.11 bits per heavy atom. The first-order valence-electron chi connectivity index (χ1n) is 11.2. The normalized spacial score (nSPS) is 11.7. The second-order valence-electron chi connectivity index (χ2n) is 8.46. The molecule has 184 valence electrons. The molecule has 0 atom stereocenters. The molecule has 1 N–H and O–H groups in total. The maximum absolute atomic E-state index is 14.0. The molecule has 4 aromatic rings. The fourth-order valence-electron chi connectivity index (χ4n) is 4.06. The van der Waals surface area contributed by atoms with Gasteiger partial charge >= 0.3 is 5.97 Å². The van der Waals surface area contributed by atoms with Gasteiger partial charge in [-0.3, -0.25) is 4.79 Å². The number of aliphatic carboxylic acids is 1. The van der Waals surface area contributed by atoms with Gasteiger partial charge in [0.1, 0.15) is 9.96 Å². The molecule has 9 heteroatoms. The topological polar surface area (TPSA) is 88.8 Å². The number of thiophene rings is 1. The third-order valence-electron chi connectivity index (χ3n) is 5.75.